The van der Waals surface area contributed by atoms with Gasteiger partial charge in [-0.25, -0.2) is 0 Å². The van der Waals surface area contributed by atoms with Gasteiger partial charge in [-0.2, -0.15) is 0 Å². The fourth-order valence-electron chi connectivity index (χ4n) is 0.893. The third-order valence-electron chi connectivity index (χ3n) is 1.55. The molecule has 0 spiro atoms. The zero-order chi connectivity index (χ0) is 9.68. The van der Waals surface area contributed by atoms with Gasteiger partial charge in [0.1, 0.15) is 0 Å². The number of hydrogen-bond acceptors (Lipinski definition) is 2. The number of nitrogens with one attached hydrogen (secondary N) is 1. The number of carbonyl (C=O) groups is 1. The minimum absolute atomic E-state index is 0.0198. The van der Waals surface area contributed by atoms with Gasteiger partial charge in [0, 0.05) is 22.5 Å². The Labute approximate surface area is 91.1 Å². The van der Waals surface area contributed by atoms with Crippen molar-refractivity contribution in [1.82, 2.24) is 10.3 Å². The van der Waals surface area contributed by atoms with E-state index in [2.05, 4.69) is 32.9 Å². The fourth-order valence-corrected chi connectivity index (χ4v) is 1.48. The number of hydrogen-bond donors (Lipinski definition) is 1. The maximum absolute atomic E-state index is 11.5. The van der Waals surface area contributed by atoms with Gasteiger partial charge in [-0.05, 0) is 35.1 Å². The normalized spacial score (nSPS) is 9.69. The van der Waals surface area contributed by atoms with Crippen molar-refractivity contribution in [3.8, 4) is 0 Å². The summed E-state index contributed by atoms with van der Waals surface area (Å²) >= 11 is 2.10. The van der Waals surface area contributed by atoms with E-state index in [9.17, 15) is 4.79 Å². The molecule has 1 aromatic heterocycles. The molecular formula is C9H11IN2O. The Morgan fingerprint density at radius 3 is 3.08 bits per heavy atom. The van der Waals surface area contributed by atoms with E-state index in [-0.39, 0.29) is 5.91 Å². The first kappa shape index (κ1) is 10.4. The minimum Gasteiger partial charge on any atom is -0.352 e. The number of nitrogens with zero attached hydrogens (tertiary/aromatic N) is 1. The predicted molar refractivity (Wildman–Crippen MR) is 59.6 cm³/mol. The van der Waals surface area contributed by atoms with Crippen molar-refractivity contribution in [2.75, 3.05) is 6.54 Å². The molecular weight excluding hydrogens is 279 g/mol. The second-order valence-corrected chi connectivity index (χ2v) is 3.77. The van der Waals surface area contributed by atoms with Gasteiger partial charge in [-0.15, -0.1) is 0 Å². The molecule has 3 nitrogen and oxygen atoms in total. The van der Waals surface area contributed by atoms with E-state index >= 15 is 0 Å². The number of rotatable bonds is 3. The molecule has 1 aromatic rings. The number of amides is 1. The summed E-state index contributed by atoms with van der Waals surface area (Å²) in [5.41, 5.74) is 0.698. The van der Waals surface area contributed by atoms with Gasteiger partial charge in [0.2, 0.25) is 0 Å². The lowest BCUT2D eigenvalue weighted by atomic mass is 10.2. The van der Waals surface area contributed by atoms with E-state index in [0.29, 0.717) is 5.56 Å². The summed E-state index contributed by atoms with van der Waals surface area (Å²) in [6, 6.07) is 1.73. The summed E-state index contributed by atoms with van der Waals surface area (Å²) in [6.45, 7) is 2.75. The average Bonchev–Trinajstić information content (AvgIpc) is 2.15. The highest BCUT2D eigenvalue weighted by Crippen LogP contribution is 2.09. The predicted octanol–water partition coefficient (Wildman–Crippen LogP) is 1.83. The van der Waals surface area contributed by atoms with Gasteiger partial charge in [0.25, 0.3) is 5.91 Å². The summed E-state index contributed by atoms with van der Waals surface area (Å²) in [4.78, 5) is 15.4. The molecule has 1 rings (SSSR count). The zero-order valence-electron chi connectivity index (χ0n) is 7.38. The molecule has 0 fully saturated rings. The smallest absolute Gasteiger partial charge is 0.252 e. The molecule has 70 valence electrons. The van der Waals surface area contributed by atoms with Crippen LogP contribution in [0.25, 0.3) is 0 Å². The molecule has 0 unspecified atom stereocenters. The van der Waals surface area contributed by atoms with Gasteiger partial charge in [-0.1, -0.05) is 6.92 Å². The average molecular weight is 290 g/mol. The molecule has 0 radical (unpaired) electrons. The van der Waals surface area contributed by atoms with Crippen LogP contribution in [0.15, 0.2) is 18.5 Å². The molecule has 1 amide bonds. The van der Waals surface area contributed by atoms with E-state index in [1.165, 1.54) is 0 Å². The lowest BCUT2D eigenvalue weighted by Gasteiger charge is -2.04. The van der Waals surface area contributed by atoms with Crippen LogP contribution in [0.4, 0.5) is 0 Å². The Balaban J connectivity index is 2.71. The molecule has 0 aliphatic carbocycles. The van der Waals surface area contributed by atoms with E-state index in [4.69, 9.17) is 0 Å². The van der Waals surface area contributed by atoms with Crippen molar-refractivity contribution in [3.05, 3.63) is 27.6 Å². The Kier molecular flexibility index (Phi) is 4.14. The zero-order valence-corrected chi connectivity index (χ0v) is 9.54. The molecule has 0 aliphatic heterocycles. The Hall–Kier alpha value is -0.650. The van der Waals surface area contributed by atoms with Gasteiger partial charge in [0.15, 0.2) is 0 Å². The molecule has 0 saturated heterocycles. The van der Waals surface area contributed by atoms with Crippen molar-refractivity contribution < 1.29 is 4.79 Å². The van der Waals surface area contributed by atoms with Crippen LogP contribution in [0.2, 0.25) is 0 Å². The molecule has 4 heteroatoms. The number of pyridine rings is 1. The maximum Gasteiger partial charge on any atom is 0.252 e. The van der Waals surface area contributed by atoms with Crippen LogP contribution >= 0.6 is 22.6 Å². The standard InChI is InChI=1S/C9H11IN2O/c1-2-4-12-9(13)7-3-5-11-6-8(7)10/h3,5-6H,2,4H2,1H3,(H,12,13). The third kappa shape index (κ3) is 2.95. The number of halogens is 1. The number of aromatic nitrogens is 1. The maximum atomic E-state index is 11.5. The SMILES string of the molecule is CCCNC(=O)c1ccncc1I. The van der Waals surface area contributed by atoms with E-state index < -0.39 is 0 Å². The van der Waals surface area contributed by atoms with Crippen LogP contribution in [0.1, 0.15) is 23.7 Å². The third-order valence-corrected chi connectivity index (χ3v) is 2.41. The molecule has 0 aliphatic rings. The van der Waals surface area contributed by atoms with E-state index in [1.807, 2.05) is 6.92 Å². The lowest BCUT2D eigenvalue weighted by Crippen LogP contribution is -2.24. The van der Waals surface area contributed by atoms with Crippen molar-refractivity contribution >= 4 is 28.5 Å². The summed E-state index contributed by atoms with van der Waals surface area (Å²) in [6.07, 6.45) is 4.26. The monoisotopic (exact) mass is 290 g/mol. The molecule has 0 aromatic carbocycles. The van der Waals surface area contributed by atoms with Crippen molar-refractivity contribution in [2.45, 2.75) is 13.3 Å². The highest BCUT2D eigenvalue weighted by Gasteiger charge is 2.07. The minimum atomic E-state index is -0.0198. The Bertz CT molecular complexity index is 301. The van der Waals surface area contributed by atoms with Crippen molar-refractivity contribution in [1.29, 1.82) is 0 Å². The first-order valence-electron chi connectivity index (χ1n) is 4.13. The quantitative estimate of drug-likeness (QED) is 0.863. The van der Waals surface area contributed by atoms with Crippen LogP contribution in [0.5, 0.6) is 0 Å². The highest BCUT2D eigenvalue weighted by atomic mass is 127. The van der Waals surface area contributed by atoms with Crippen LogP contribution in [-0.4, -0.2) is 17.4 Å². The van der Waals surface area contributed by atoms with Crippen LogP contribution in [0.3, 0.4) is 0 Å². The lowest BCUT2D eigenvalue weighted by molar-refractivity contribution is 0.0952. The topological polar surface area (TPSA) is 42.0 Å². The van der Waals surface area contributed by atoms with Crippen molar-refractivity contribution in [3.63, 3.8) is 0 Å². The van der Waals surface area contributed by atoms with E-state index in [1.54, 1.807) is 18.5 Å². The molecule has 13 heavy (non-hydrogen) atoms. The molecule has 0 atom stereocenters. The largest absolute Gasteiger partial charge is 0.352 e. The first-order valence-corrected chi connectivity index (χ1v) is 5.21. The van der Waals surface area contributed by atoms with Crippen LogP contribution < -0.4 is 5.32 Å². The second-order valence-electron chi connectivity index (χ2n) is 2.61. The number of carbonyl (C=O) groups excluding carboxylic acids is 1. The summed E-state index contributed by atoms with van der Waals surface area (Å²) in [5, 5.41) is 2.82. The summed E-state index contributed by atoms with van der Waals surface area (Å²) in [5.74, 6) is -0.0198. The summed E-state index contributed by atoms with van der Waals surface area (Å²) < 4.78 is 0.883. The molecule has 0 saturated carbocycles. The Morgan fingerprint density at radius 1 is 1.69 bits per heavy atom. The van der Waals surface area contributed by atoms with Crippen molar-refractivity contribution in [2.24, 2.45) is 0 Å². The highest BCUT2D eigenvalue weighted by molar-refractivity contribution is 14.1. The van der Waals surface area contributed by atoms with Gasteiger partial charge >= 0.3 is 0 Å². The van der Waals surface area contributed by atoms with Gasteiger partial charge in [0.05, 0.1) is 5.56 Å². The molecule has 1 N–H and O–H groups in total. The second kappa shape index (κ2) is 5.16. The first-order chi connectivity index (χ1) is 6.25. The van der Waals surface area contributed by atoms with Gasteiger partial charge in [-0.3, -0.25) is 9.78 Å². The van der Waals surface area contributed by atoms with E-state index in [0.717, 1.165) is 16.5 Å². The molecule has 0 bridgehead atoms. The fraction of sp³-hybridized carbons (Fsp3) is 0.333. The molecule has 1 heterocycles. The Morgan fingerprint density at radius 2 is 2.46 bits per heavy atom. The van der Waals surface area contributed by atoms with Crippen LogP contribution in [0, 0.1) is 3.57 Å². The summed E-state index contributed by atoms with van der Waals surface area (Å²) in [7, 11) is 0. The van der Waals surface area contributed by atoms with Gasteiger partial charge < -0.3 is 5.32 Å². The van der Waals surface area contributed by atoms with Crippen LogP contribution in [-0.2, 0) is 0 Å².